The Bertz CT molecular complexity index is 1540. The van der Waals surface area contributed by atoms with Crippen LogP contribution in [-0.2, 0) is 30.1 Å². The summed E-state index contributed by atoms with van der Waals surface area (Å²) in [5.74, 6) is -0.216. The summed E-state index contributed by atoms with van der Waals surface area (Å²) in [6.45, 7) is 0.517. The van der Waals surface area contributed by atoms with Gasteiger partial charge in [-0.15, -0.1) is 10.2 Å². The van der Waals surface area contributed by atoms with Gasteiger partial charge in [-0.3, -0.25) is 14.4 Å². The molecule has 0 unspecified atom stereocenters. The molecule has 12 nitrogen and oxygen atoms in total. The summed E-state index contributed by atoms with van der Waals surface area (Å²) >= 11 is 0. The molecule has 3 aliphatic rings. The second-order valence-electron chi connectivity index (χ2n) is 11.2. The predicted octanol–water partition coefficient (Wildman–Crippen LogP) is 0.334. The molecule has 2 heterocycles. The number of rotatable bonds is 8. The zero-order chi connectivity index (χ0) is 28.9. The molecule has 1 saturated carbocycles. The minimum absolute atomic E-state index is 0.0768. The van der Waals surface area contributed by atoms with E-state index >= 15 is 0 Å². The Morgan fingerprint density at radius 2 is 1.68 bits per heavy atom. The van der Waals surface area contributed by atoms with E-state index in [2.05, 4.69) is 26.8 Å². The molecule has 3 aromatic rings. The molecule has 0 bridgehead atoms. The van der Waals surface area contributed by atoms with E-state index in [9.17, 15) is 19.6 Å². The number of nitriles is 1. The molecular formula is C29H31N9O3. The number of tetrazole rings is 1. The fraction of sp³-hybridized carbons (Fsp3) is 0.414. The van der Waals surface area contributed by atoms with Crippen LogP contribution in [0, 0.1) is 17.2 Å². The van der Waals surface area contributed by atoms with Crippen LogP contribution < -0.4 is 16.8 Å². The first-order valence-corrected chi connectivity index (χ1v) is 13.8. The van der Waals surface area contributed by atoms with Crippen LogP contribution in [-0.4, -0.2) is 68.0 Å². The number of likely N-dealkylation sites (tertiary alicyclic amines) is 1. The molecule has 3 amide bonds. The van der Waals surface area contributed by atoms with Gasteiger partial charge >= 0.3 is 0 Å². The van der Waals surface area contributed by atoms with Crippen molar-refractivity contribution in [1.82, 2.24) is 30.4 Å². The highest BCUT2D eigenvalue weighted by Crippen LogP contribution is 2.48. The van der Waals surface area contributed by atoms with Crippen LogP contribution in [0.5, 0.6) is 0 Å². The number of hydrogen-bond donors (Lipinski definition) is 3. The van der Waals surface area contributed by atoms with E-state index in [1.807, 2.05) is 24.3 Å². The van der Waals surface area contributed by atoms with Gasteiger partial charge in [0.25, 0.3) is 0 Å². The van der Waals surface area contributed by atoms with Crippen molar-refractivity contribution in [2.24, 2.45) is 24.4 Å². The number of piperidine rings is 1. The van der Waals surface area contributed by atoms with Crippen LogP contribution in [0.4, 0.5) is 0 Å². The van der Waals surface area contributed by atoms with Crippen molar-refractivity contribution in [3.63, 3.8) is 0 Å². The average Bonchev–Trinajstić information content (AvgIpc) is 3.45. The molecule has 1 saturated heterocycles. The maximum absolute atomic E-state index is 13.1. The van der Waals surface area contributed by atoms with Crippen molar-refractivity contribution in [3.8, 4) is 6.07 Å². The molecule has 0 radical (unpaired) electrons. The standard InChI is InChI=1S/C29H31N9O3/c1-37-35-28(34-36-37)29(8-9-33-15-25(39)38-21(14-30)12-20-13-24(20)38)22-6-4-18(26(31)40)10-16(22)2-3-17-11-19(27(32)41)5-7-23(17)29/h4-7,10-11,20-21,24,33H,2-3,8-9,12-13,15H2,1H3,(H2,31,40)(H2,32,41)/t20-,21+,24+/m1/s1. The normalized spacial score (nSPS) is 21.7. The maximum Gasteiger partial charge on any atom is 0.248 e. The number of amides is 3. The van der Waals surface area contributed by atoms with Crippen LogP contribution in [0.2, 0.25) is 0 Å². The van der Waals surface area contributed by atoms with Gasteiger partial charge in [-0.25, -0.2) is 0 Å². The van der Waals surface area contributed by atoms with Gasteiger partial charge in [0.05, 0.1) is 25.1 Å². The Labute approximate surface area is 236 Å². The fourth-order valence-corrected chi connectivity index (χ4v) is 6.72. The topological polar surface area (TPSA) is 186 Å². The molecule has 0 spiro atoms. The molecule has 41 heavy (non-hydrogen) atoms. The minimum Gasteiger partial charge on any atom is -0.366 e. The summed E-state index contributed by atoms with van der Waals surface area (Å²) in [6.07, 6.45) is 3.35. The van der Waals surface area contributed by atoms with E-state index in [0.717, 1.165) is 35.1 Å². The molecule has 12 heteroatoms. The van der Waals surface area contributed by atoms with Gasteiger partial charge in [0.2, 0.25) is 17.7 Å². The first-order chi connectivity index (χ1) is 19.7. The molecule has 5 N–H and O–H groups in total. The summed E-state index contributed by atoms with van der Waals surface area (Å²) < 4.78 is 0. The lowest BCUT2D eigenvalue weighted by atomic mass is 9.69. The lowest BCUT2D eigenvalue weighted by molar-refractivity contribution is -0.131. The Morgan fingerprint density at radius 3 is 2.22 bits per heavy atom. The highest BCUT2D eigenvalue weighted by atomic mass is 16.2. The van der Waals surface area contributed by atoms with E-state index in [-0.39, 0.29) is 24.5 Å². The monoisotopic (exact) mass is 553 g/mol. The number of nitrogens with two attached hydrogens (primary N) is 2. The quantitative estimate of drug-likeness (QED) is 0.333. The van der Waals surface area contributed by atoms with Crippen LogP contribution in [0.15, 0.2) is 36.4 Å². The number of benzene rings is 2. The number of aromatic nitrogens is 4. The van der Waals surface area contributed by atoms with E-state index in [4.69, 9.17) is 11.5 Å². The third-order valence-electron chi connectivity index (χ3n) is 8.75. The van der Waals surface area contributed by atoms with E-state index in [1.165, 1.54) is 4.80 Å². The molecule has 2 aromatic carbocycles. The highest BCUT2D eigenvalue weighted by molar-refractivity contribution is 5.94. The van der Waals surface area contributed by atoms with E-state index in [1.54, 1.807) is 24.1 Å². The SMILES string of the molecule is Cn1nnc(C2(CCNCC(=O)N3[C@H](C#N)C[C@@H]4C[C@@H]43)c3ccc(C(N)=O)cc3CCc3cc(C(N)=O)ccc32)n1. The largest absolute Gasteiger partial charge is 0.366 e. The second kappa shape index (κ2) is 10.1. The summed E-state index contributed by atoms with van der Waals surface area (Å²) in [7, 11) is 1.69. The highest BCUT2D eigenvalue weighted by Gasteiger charge is 2.54. The van der Waals surface area contributed by atoms with Gasteiger partial charge in [0, 0.05) is 17.2 Å². The van der Waals surface area contributed by atoms with Crippen molar-refractivity contribution < 1.29 is 14.4 Å². The molecule has 210 valence electrons. The van der Waals surface area contributed by atoms with Gasteiger partial charge in [-0.2, -0.15) is 10.1 Å². The predicted molar refractivity (Wildman–Crippen MR) is 146 cm³/mol. The third-order valence-corrected chi connectivity index (χ3v) is 8.75. The first kappa shape index (κ1) is 26.6. The fourth-order valence-electron chi connectivity index (χ4n) is 6.72. The number of carbonyl (C=O) groups excluding carboxylic acids is 3. The molecule has 2 fully saturated rings. The van der Waals surface area contributed by atoms with Gasteiger partial charge < -0.3 is 21.7 Å². The molecular weight excluding hydrogens is 522 g/mol. The number of fused-ring (bicyclic) bond motifs is 3. The smallest absolute Gasteiger partial charge is 0.248 e. The van der Waals surface area contributed by atoms with Crippen molar-refractivity contribution in [1.29, 1.82) is 5.26 Å². The second-order valence-corrected chi connectivity index (χ2v) is 11.2. The number of aryl methyl sites for hydroxylation is 3. The Balaban J connectivity index is 1.39. The van der Waals surface area contributed by atoms with Gasteiger partial charge in [0.15, 0.2) is 5.82 Å². The summed E-state index contributed by atoms with van der Waals surface area (Å²) in [5, 5.41) is 26.1. The molecule has 2 aliphatic carbocycles. The van der Waals surface area contributed by atoms with Gasteiger partial charge in [0.1, 0.15) is 6.04 Å². The number of nitrogens with zero attached hydrogens (tertiary/aromatic N) is 6. The molecule has 6 rings (SSSR count). The van der Waals surface area contributed by atoms with E-state index < -0.39 is 17.2 Å². The van der Waals surface area contributed by atoms with E-state index in [0.29, 0.717) is 48.7 Å². The van der Waals surface area contributed by atoms with Crippen molar-refractivity contribution >= 4 is 17.7 Å². The zero-order valence-corrected chi connectivity index (χ0v) is 22.7. The van der Waals surface area contributed by atoms with Crippen molar-refractivity contribution in [3.05, 3.63) is 75.6 Å². The number of hydrogen-bond acceptors (Lipinski definition) is 8. The summed E-state index contributed by atoms with van der Waals surface area (Å²) in [5.41, 5.74) is 14.8. The van der Waals surface area contributed by atoms with Gasteiger partial charge in [-0.1, -0.05) is 12.1 Å². The first-order valence-electron chi connectivity index (χ1n) is 13.8. The summed E-state index contributed by atoms with van der Waals surface area (Å²) in [6, 6.07) is 12.9. The Hall–Kier alpha value is -4.63. The van der Waals surface area contributed by atoms with Crippen LogP contribution in [0.3, 0.4) is 0 Å². The molecule has 1 aromatic heterocycles. The lowest BCUT2D eigenvalue weighted by Gasteiger charge is -2.34. The van der Waals surface area contributed by atoms with Crippen molar-refractivity contribution in [2.45, 2.75) is 49.6 Å². The molecule has 1 aliphatic heterocycles. The van der Waals surface area contributed by atoms with Crippen LogP contribution >= 0.6 is 0 Å². The van der Waals surface area contributed by atoms with Crippen molar-refractivity contribution in [2.75, 3.05) is 13.1 Å². The third kappa shape index (κ3) is 4.52. The van der Waals surface area contributed by atoms with Crippen LogP contribution in [0.25, 0.3) is 0 Å². The zero-order valence-electron chi connectivity index (χ0n) is 22.7. The maximum atomic E-state index is 13.1. The summed E-state index contributed by atoms with van der Waals surface area (Å²) in [4.78, 5) is 40.4. The number of carbonyl (C=O) groups is 3. The Kier molecular flexibility index (Phi) is 6.54. The Morgan fingerprint density at radius 1 is 1.05 bits per heavy atom. The van der Waals surface area contributed by atoms with Crippen LogP contribution in [0.1, 0.15) is 68.1 Å². The molecule has 3 atom stereocenters. The van der Waals surface area contributed by atoms with Gasteiger partial charge in [-0.05, 0) is 96.3 Å². The number of primary amides is 2. The number of nitrogens with one attached hydrogen (secondary N) is 1. The minimum atomic E-state index is -0.914. The average molecular weight is 554 g/mol. The lowest BCUT2D eigenvalue weighted by Crippen LogP contribution is -2.44.